The van der Waals surface area contributed by atoms with Gasteiger partial charge in [-0.15, -0.1) is 0 Å². The second-order valence-corrected chi connectivity index (χ2v) is 4.34. The molecule has 1 aromatic carbocycles. The molecule has 0 amide bonds. The van der Waals surface area contributed by atoms with Crippen LogP contribution in [0.15, 0.2) is 18.2 Å². The van der Waals surface area contributed by atoms with Crippen molar-refractivity contribution in [1.29, 1.82) is 0 Å². The molecule has 1 aliphatic rings. The zero-order valence-electron chi connectivity index (χ0n) is 9.58. The van der Waals surface area contributed by atoms with Gasteiger partial charge in [0.15, 0.2) is 0 Å². The molecule has 0 unspecified atom stereocenters. The van der Waals surface area contributed by atoms with Crippen molar-refractivity contribution < 1.29 is 18.3 Å². The number of anilines is 1. The second kappa shape index (κ2) is 4.39. The van der Waals surface area contributed by atoms with Crippen LogP contribution in [-0.4, -0.2) is 19.6 Å². The highest BCUT2D eigenvalue weighted by Crippen LogP contribution is 2.42. The van der Waals surface area contributed by atoms with Crippen LogP contribution >= 0.6 is 0 Å². The van der Waals surface area contributed by atoms with Gasteiger partial charge >= 0.3 is 0 Å². The maximum Gasteiger partial charge on any atom is 0.248 e. The Hall–Kier alpha value is -1.52. The number of halogens is 2. The summed E-state index contributed by atoms with van der Waals surface area (Å²) >= 11 is 0. The maximum absolute atomic E-state index is 12.6. The van der Waals surface area contributed by atoms with E-state index >= 15 is 0 Å². The Balaban J connectivity index is 1.86. The number of ether oxygens (including phenoxy) is 2. The van der Waals surface area contributed by atoms with E-state index in [1.54, 1.807) is 18.2 Å². The third-order valence-corrected chi connectivity index (χ3v) is 2.86. The molecule has 1 fully saturated rings. The molecule has 0 radical (unpaired) electrons. The first kappa shape index (κ1) is 12.0. The van der Waals surface area contributed by atoms with Gasteiger partial charge in [0.05, 0.1) is 19.4 Å². The number of hydrogen-bond donors (Lipinski definition) is 1. The highest BCUT2D eigenvalue weighted by Gasteiger charge is 2.45. The molecule has 1 saturated carbocycles. The van der Waals surface area contributed by atoms with E-state index in [1.807, 2.05) is 0 Å². The Morgan fingerprint density at radius 2 is 2.12 bits per heavy atom. The third-order valence-electron chi connectivity index (χ3n) is 2.86. The van der Waals surface area contributed by atoms with Crippen LogP contribution in [0.2, 0.25) is 0 Å². The van der Waals surface area contributed by atoms with Crippen LogP contribution in [0.4, 0.5) is 14.5 Å². The van der Waals surface area contributed by atoms with Gasteiger partial charge in [-0.05, 0) is 12.1 Å². The van der Waals surface area contributed by atoms with Gasteiger partial charge in [0.2, 0.25) is 5.92 Å². The van der Waals surface area contributed by atoms with E-state index in [2.05, 4.69) is 0 Å². The van der Waals surface area contributed by atoms with Gasteiger partial charge in [-0.25, -0.2) is 8.78 Å². The van der Waals surface area contributed by atoms with Gasteiger partial charge in [-0.2, -0.15) is 0 Å². The SMILES string of the molecule is COc1ccc(OCC2CC(F)(F)C2)cc1N. The molecule has 0 aliphatic heterocycles. The summed E-state index contributed by atoms with van der Waals surface area (Å²) in [6.45, 7) is 0.307. The lowest BCUT2D eigenvalue weighted by Crippen LogP contribution is -2.38. The summed E-state index contributed by atoms with van der Waals surface area (Å²) in [5.74, 6) is -1.40. The lowest BCUT2D eigenvalue weighted by atomic mass is 9.82. The number of nitrogen functional groups attached to an aromatic ring is 1. The molecular weight excluding hydrogens is 228 g/mol. The van der Waals surface area contributed by atoms with E-state index < -0.39 is 5.92 Å². The average molecular weight is 243 g/mol. The topological polar surface area (TPSA) is 44.5 Å². The van der Waals surface area contributed by atoms with Crippen molar-refractivity contribution in [3.05, 3.63) is 18.2 Å². The third kappa shape index (κ3) is 2.78. The van der Waals surface area contributed by atoms with E-state index in [-0.39, 0.29) is 18.8 Å². The van der Waals surface area contributed by atoms with E-state index in [0.29, 0.717) is 23.8 Å². The van der Waals surface area contributed by atoms with Gasteiger partial charge in [-0.3, -0.25) is 0 Å². The number of hydrogen-bond acceptors (Lipinski definition) is 3. The molecule has 1 aliphatic carbocycles. The number of alkyl halides is 2. The molecule has 1 aromatic rings. The van der Waals surface area contributed by atoms with Gasteiger partial charge < -0.3 is 15.2 Å². The summed E-state index contributed by atoms with van der Waals surface area (Å²) in [6, 6.07) is 5.04. The molecule has 0 saturated heterocycles. The highest BCUT2D eigenvalue weighted by molar-refractivity contribution is 5.56. The molecule has 0 spiro atoms. The van der Waals surface area contributed by atoms with Crippen molar-refractivity contribution in [2.45, 2.75) is 18.8 Å². The number of rotatable bonds is 4. The predicted molar refractivity (Wildman–Crippen MR) is 60.6 cm³/mol. The van der Waals surface area contributed by atoms with Crippen LogP contribution in [0.3, 0.4) is 0 Å². The quantitative estimate of drug-likeness (QED) is 0.827. The molecule has 5 heteroatoms. The van der Waals surface area contributed by atoms with Crippen LogP contribution in [0, 0.1) is 5.92 Å². The number of benzene rings is 1. The molecule has 0 bridgehead atoms. The van der Waals surface area contributed by atoms with Crippen molar-refractivity contribution in [1.82, 2.24) is 0 Å². The van der Waals surface area contributed by atoms with E-state index in [9.17, 15) is 8.78 Å². The first-order valence-corrected chi connectivity index (χ1v) is 5.44. The summed E-state index contributed by atoms with van der Waals surface area (Å²) in [5, 5.41) is 0. The Labute approximate surface area is 98.5 Å². The molecule has 0 heterocycles. The van der Waals surface area contributed by atoms with Crippen molar-refractivity contribution >= 4 is 5.69 Å². The summed E-state index contributed by atoms with van der Waals surface area (Å²) in [7, 11) is 1.53. The highest BCUT2D eigenvalue weighted by atomic mass is 19.3. The summed E-state index contributed by atoms with van der Waals surface area (Å²) in [6.07, 6.45) is -0.169. The van der Waals surface area contributed by atoms with Crippen LogP contribution in [0.1, 0.15) is 12.8 Å². The van der Waals surface area contributed by atoms with Crippen LogP contribution in [-0.2, 0) is 0 Å². The summed E-state index contributed by atoms with van der Waals surface area (Å²) < 4.78 is 35.6. The summed E-state index contributed by atoms with van der Waals surface area (Å²) in [5.41, 5.74) is 6.18. The first-order valence-electron chi connectivity index (χ1n) is 5.44. The lowest BCUT2D eigenvalue weighted by molar-refractivity contribution is -0.119. The van der Waals surface area contributed by atoms with E-state index in [1.165, 1.54) is 7.11 Å². The van der Waals surface area contributed by atoms with Crippen molar-refractivity contribution in [3.8, 4) is 11.5 Å². The summed E-state index contributed by atoms with van der Waals surface area (Å²) in [4.78, 5) is 0. The molecule has 94 valence electrons. The molecule has 2 N–H and O–H groups in total. The number of nitrogens with two attached hydrogens (primary N) is 1. The second-order valence-electron chi connectivity index (χ2n) is 4.34. The van der Waals surface area contributed by atoms with Gasteiger partial charge in [-0.1, -0.05) is 0 Å². The Morgan fingerprint density at radius 3 is 2.65 bits per heavy atom. The first-order chi connectivity index (χ1) is 8.00. The fourth-order valence-corrected chi connectivity index (χ4v) is 1.92. The van der Waals surface area contributed by atoms with E-state index in [0.717, 1.165) is 0 Å². The predicted octanol–water partition coefficient (Wildman–Crippen LogP) is 2.70. The lowest BCUT2D eigenvalue weighted by Gasteiger charge is -2.34. The fourth-order valence-electron chi connectivity index (χ4n) is 1.92. The van der Waals surface area contributed by atoms with Crippen molar-refractivity contribution in [3.63, 3.8) is 0 Å². The average Bonchev–Trinajstić information content (AvgIpc) is 2.23. The minimum atomic E-state index is -2.49. The molecule has 17 heavy (non-hydrogen) atoms. The van der Waals surface area contributed by atoms with Crippen LogP contribution in [0.5, 0.6) is 11.5 Å². The molecule has 0 atom stereocenters. The van der Waals surface area contributed by atoms with Crippen molar-refractivity contribution in [2.75, 3.05) is 19.5 Å². The Kier molecular flexibility index (Phi) is 3.09. The van der Waals surface area contributed by atoms with E-state index in [4.69, 9.17) is 15.2 Å². The zero-order valence-corrected chi connectivity index (χ0v) is 9.58. The number of methoxy groups -OCH3 is 1. The standard InChI is InChI=1S/C12H15F2NO2/c1-16-11-3-2-9(4-10(11)15)17-7-8-5-12(13,14)6-8/h2-4,8H,5-7,15H2,1H3. The van der Waals surface area contributed by atoms with Crippen LogP contribution < -0.4 is 15.2 Å². The minimum absolute atomic E-state index is 0.0617. The smallest absolute Gasteiger partial charge is 0.248 e. The van der Waals surface area contributed by atoms with Gasteiger partial charge in [0, 0.05) is 24.8 Å². The molecule has 2 rings (SSSR count). The normalized spacial score (nSPS) is 18.5. The largest absolute Gasteiger partial charge is 0.495 e. The van der Waals surface area contributed by atoms with Crippen LogP contribution in [0.25, 0.3) is 0 Å². The molecular formula is C12H15F2NO2. The van der Waals surface area contributed by atoms with Gasteiger partial charge in [0.25, 0.3) is 0 Å². The monoisotopic (exact) mass is 243 g/mol. The molecule has 3 nitrogen and oxygen atoms in total. The molecule has 0 aromatic heterocycles. The minimum Gasteiger partial charge on any atom is -0.495 e. The Morgan fingerprint density at radius 1 is 1.41 bits per heavy atom. The fraction of sp³-hybridized carbons (Fsp3) is 0.500. The Bertz CT molecular complexity index is 401. The zero-order chi connectivity index (χ0) is 12.5. The van der Waals surface area contributed by atoms with Gasteiger partial charge in [0.1, 0.15) is 11.5 Å². The van der Waals surface area contributed by atoms with Crippen molar-refractivity contribution in [2.24, 2.45) is 5.92 Å². The maximum atomic E-state index is 12.6.